The first-order valence-electron chi connectivity index (χ1n) is 11.3. The van der Waals surface area contributed by atoms with E-state index in [-0.39, 0.29) is 0 Å². The molecule has 1 aromatic rings. The third-order valence-corrected chi connectivity index (χ3v) is 8.83. The molecule has 30 heavy (non-hydrogen) atoms. The summed E-state index contributed by atoms with van der Waals surface area (Å²) in [6.07, 6.45) is 10.3. The summed E-state index contributed by atoms with van der Waals surface area (Å²) in [5.74, 6) is 0.531. The number of thioether (sulfide) groups is 1. The summed E-state index contributed by atoms with van der Waals surface area (Å²) in [5.41, 5.74) is 7.44. The number of halogens is 1. The molecule has 0 saturated heterocycles. The minimum Gasteiger partial charge on any atom is -0.481 e. The zero-order chi connectivity index (χ0) is 21.1. The van der Waals surface area contributed by atoms with Crippen molar-refractivity contribution in [1.29, 1.82) is 0 Å². The minimum absolute atomic E-state index is 0.315. The Kier molecular flexibility index (Phi) is 7.43. The molecule has 0 amide bonds. The molecule has 162 valence electrons. The van der Waals surface area contributed by atoms with Crippen LogP contribution in [0.15, 0.2) is 39.2 Å². The lowest BCUT2D eigenvalue weighted by Crippen LogP contribution is -2.21. The number of fused-ring (bicyclic) bond motifs is 1. The molecule has 4 rings (SSSR count). The van der Waals surface area contributed by atoms with Gasteiger partial charge in [-0.2, -0.15) is 0 Å². The van der Waals surface area contributed by atoms with Gasteiger partial charge in [0.15, 0.2) is 0 Å². The van der Waals surface area contributed by atoms with Crippen molar-refractivity contribution in [2.45, 2.75) is 63.5 Å². The van der Waals surface area contributed by atoms with Gasteiger partial charge in [-0.3, -0.25) is 4.79 Å². The molecular formula is C25H32BrNO2S. The molecule has 0 bridgehead atoms. The number of hydrogen-bond acceptors (Lipinski definition) is 3. The van der Waals surface area contributed by atoms with Crippen LogP contribution in [0.1, 0.15) is 67.4 Å². The van der Waals surface area contributed by atoms with Crippen LogP contribution in [-0.2, 0) is 17.6 Å². The molecule has 1 aliphatic carbocycles. The maximum Gasteiger partial charge on any atom is 0.303 e. The number of rotatable bonds is 5. The third-order valence-electron chi connectivity index (χ3n) is 7.07. The smallest absolute Gasteiger partial charge is 0.303 e. The van der Waals surface area contributed by atoms with Gasteiger partial charge in [-0.05, 0) is 116 Å². The number of aliphatic carboxylic acids is 1. The molecule has 1 atom stereocenters. The minimum atomic E-state index is -0.659. The van der Waals surface area contributed by atoms with Gasteiger partial charge < -0.3 is 10.4 Å². The molecule has 1 unspecified atom stereocenters. The van der Waals surface area contributed by atoms with E-state index in [9.17, 15) is 4.79 Å². The van der Waals surface area contributed by atoms with Crippen LogP contribution in [0.3, 0.4) is 0 Å². The number of allylic oxidation sites excluding steroid dienone is 2. The van der Waals surface area contributed by atoms with Crippen molar-refractivity contribution in [2.75, 3.05) is 13.1 Å². The van der Waals surface area contributed by atoms with E-state index in [0.717, 1.165) is 45.2 Å². The van der Waals surface area contributed by atoms with Gasteiger partial charge in [0.2, 0.25) is 0 Å². The molecule has 3 nitrogen and oxygen atoms in total. The summed E-state index contributed by atoms with van der Waals surface area (Å²) in [5, 5.41) is 15.2. The maximum absolute atomic E-state index is 10.9. The summed E-state index contributed by atoms with van der Waals surface area (Å²) < 4.78 is 1.25. The summed E-state index contributed by atoms with van der Waals surface area (Å²) in [6.45, 7) is 4.40. The van der Waals surface area contributed by atoms with Crippen LogP contribution in [0.5, 0.6) is 0 Å². The molecule has 5 heteroatoms. The lowest BCUT2D eigenvalue weighted by molar-refractivity contribution is -0.137. The first-order valence-corrected chi connectivity index (χ1v) is 13.0. The second kappa shape index (κ2) is 10.1. The van der Waals surface area contributed by atoms with Crippen LogP contribution in [0.4, 0.5) is 0 Å². The molecule has 2 aliphatic heterocycles. The highest BCUT2D eigenvalue weighted by Crippen LogP contribution is 2.51. The van der Waals surface area contributed by atoms with Gasteiger partial charge in [-0.1, -0.05) is 28.1 Å². The Morgan fingerprint density at radius 1 is 1.17 bits per heavy atom. The van der Waals surface area contributed by atoms with Crippen molar-refractivity contribution in [1.82, 2.24) is 5.32 Å². The Morgan fingerprint density at radius 3 is 2.57 bits per heavy atom. The molecule has 3 aliphatic rings. The SMILES string of the molecule is CC1=C(C2CCC(CCC(=O)O)CC2)C(c2cc3c(cc2Br)CCNCC3)SC=C1. The van der Waals surface area contributed by atoms with Gasteiger partial charge in [-0.15, -0.1) is 11.8 Å². The molecule has 0 radical (unpaired) electrons. The number of carboxylic acids is 1. The van der Waals surface area contributed by atoms with Crippen molar-refractivity contribution >= 4 is 33.7 Å². The zero-order valence-electron chi connectivity index (χ0n) is 17.8. The highest BCUT2D eigenvalue weighted by atomic mass is 79.9. The first-order chi connectivity index (χ1) is 14.5. The quantitative estimate of drug-likeness (QED) is 0.500. The largest absolute Gasteiger partial charge is 0.481 e. The molecule has 1 saturated carbocycles. The highest BCUT2D eigenvalue weighted by Gasteiger charge is 2.32. The predicted octanol–water partition coefficient (Wildman–Crippen LogP) is 6.43. The average Bonchev–Trinajstić information content (AvgIpc) is 2.97. The molecule has 0 aromatic heterocycles. The van der Waals surface area contributed by atoms with Gasteiger partial charge >= 0.3 is 5.97 Å². The summed E-state index contributed by atoms with van der Waals surface area (Å²) in [6, 6.07) is 4.83. The van der Waals surface area contributed by atoms with Crippen LogP contribution < -0.4 is 5.32 Å². The molecule has 1 aromatic carbocycles. The number of carboxylic acid groups (broad SMARTS) is 1. The maximum atomic E-state index is 10.9. The standard InChI is InChI=1S/C25H32BrNO2S/c1-16-10-13-30-25(21-14-19-8-11-27-12-9-20(19)15-22(21)26)24(16)18-5-2-17(3-6-18)4-7-23(28)29/h10,13-15,17-18,25,27H,2-9,11-12H2,1H3,(H,28,29). The van der Waals surface area contributed by atoms with Gasteiger partial charge in [0.1, 0.15) is 0 Å². The second-order valence-electron chi connectivity index (χ2n) is 9.00. The number of nitrogens with one attached hydrogen (secondary N) is 1. The molecule has 2 N–H and O–H groups in total. The van der Waals surface area contributed by atoms with Crippen molar-refractivity contribution in [3.8, 4) is 0 Å². The number of hydrogen-bond donors (Lipinski definition) is 2. The number of benzene rings is 1. The Balaban J connectivity index is 1.55. The van der Waals surface area contributed by atoms with E-state index in [2.05, 4.69) is 51.8 Å². The third kappa shape index (κ3) is 5.05. The average molecular weight is 491 g/mol. The first kappa shape index (κ1) is 22.2. The summed E-state index contributed by atoms with van der Waals surface area (Å²) in [4.78, 5) is 10.9. The van der Waals surface area contributed by atoms with E-state index in [0.29, 0.717) is 23.5 Å². The molecular weight excluding hydrogens is 458 g/mol. The number of carbonyl (C=O) groups is 1. The van der Waals surface area contributed by atoms with Crippen molar-refractivity contribution in [3.05, 3.63) is 55.9 Å². The van der Waals surface area contributed by atoms with Crippen molar-refractivity contribution < 1.29 is 9.90 Å². The Morgan fingerprint density at radius 2 is 1.87 bits per heavy atom. The zero-order valence-corrected chi connectivity index (χ0v) is 20.2. The lowest BCUT2D eigenvalue weighted by Gasteiger charge is -2.36. The molecule has 0 spiro atoms. The highest BCUT2D eigenvalue weighted by molar-refractivity contribution is 9.10. The van der Waals surface area contributed by atoms with Crippen LogP contribution in [0, 0.1) is 11.8 Å². The van der Waals surface area contributed by atoms with Crippen molar-refractivity contribution in [3.63, 3.8) is 0 Å². The van der Waals surface area contributed by atoms with Crippen LogP contribution in [0.25, 0.3) is 0 Å². The van der Waals surface area contributed by atoms with Gasteiger partial charge in [0.25, 0.3) is 0 Å². The normalized spacial score (nSPS) is 26.9. The van der Waals surface area contributed by atoms with Gasteiger partial charge in [0.05, 0.1) is 5.25 Å². The molecule has 1 fully saturated rings. The van der Waals surface area contributed by atoms with E-state index in [1.54, 1.807) is 5.57 Å². The fraction of sp³-hybridized carbons (Fsp3) is 0.560. The van der Waals surface area contributed by atoms with Gasteiger partial charge in [-0.25, -0.2) is 0 Å². The van der Waals surface area contributed by atoms with E-state index in [1.165, 1.54) is 39.6 Å². The van der Waals surface area contributed by atoms with E-state index in [1.807, 2.05) is 11.8 Å². The second-order valence-corrected chi connectivity index (χ2v) is 10.9. The Bertz CT molecular complexity index is 855. The lowest BCUT2D eigenvalue weighted by atomic mass is 9.74. The van der Waals surface area contributed by atoms with Crippen LogP contribution >= 0.6 is 27.7 Å². The van der Waals surface area contributed by atoms with Crippen LogP contribution in [-0.4, -0.2) is 24.2 Å². The predicted molar refractivity (Wildman–Crippen MR) is 129 cm³/mol. The van der Waals surface area contributed by atoms with Crippen molar-refractivity contribution in [2.24, 2.45) is 11.8 Å². The summed E-state index contributed by atoms with van der Waals surface area (Å²) in [7, 11) is 0. The Hall–Kier alpha value is -1.04. The molecule has 2 heterocycles. The topological polar surface area (TPSA) is 49.3 Å². The monoisotopic (exact) mass is 489 g/mol. The summed E-state index contributed by atoms with van der Waals surface area (Å²) >= 11 is 5.86. The van der Waals surface area contributed by atoms with Crippen LogP contribution in [0.2, 0.25) is 0 Å². The van der Waals surface area contributed by atoms with E-state index < -0.39 is 5.97 Å². The fourth-order valence-electron chi connectivity index (χ4n) is 5.38. The van der Waals surface area contributed by atoms with E-state index >= 15 is 0 Å². The van der Waals surface area contributed by atoms with E-state index in [4.69, 9.17) is 5.11 Å². The Labute approximate surface area is 192 Å². The van der Waals surface area contributed by atoms with Gasteiger partial charge in [0, 0.05) is 10.9 Å². The fourth-order valence-corrected chi connectivity index (χ4v) is 7.46.